The molecule has 2 rings (SSSR count). The fourth-order valence-corrected chi connectivity index (χ4v) is 2.75. The number of rotatable bonds is 8. The molecule has 0 saturated carbocycles. The Hall–Kier alpha value is -1.16. The summed E-state index contributed by atoms with van der Waals surface area (Å²) in [7, 11) is 0. The van der Waals surface area contributed by atoms with Gasteiger partial charge in [-0.1, -0.05) is 13.8 Å². The van der Waals surface area contributed by atoms with E-state index in [-0.39, 0.29) is 24.0 Å². The van der Waals surface area contributed by atoms with Crippen molar-refractivity contribution in [1.82, 2.24) is 25.5 Å². The Balaban J connectivity index is 0.00000338. The molecule has 2 heterocycles. The van der Waals surface area contributed by atoms with Gasteiger partial charge in [-0.2, -0.15) is 0 Å². The molecule has 8 heteroatoms. The molecule has 0 radical (unpaired) electrons. The average molecular weight is 475 g/mol. The second-order valence-electron chi connectivity index (χ2n) is 6.77. The number of hydrogen-bond donors (Lipinski definition) is 2. The summed E-state index contributed by atoms with van der Waals surface area (Å²) in [4.78, 5) is 18.0. The minimum atomic E-state index is 0. The molecule has 0 atom stereocenters. The Labute approximate surface area is 175 Å². The number of guanidine groups is 1. The van der Waals surface area contributed by atoms with Crippen LogP contribution in [0.5, 0.6) is 0 Å². The normalized spacial score (nSPS) is 15.7. The number of nitrogens with one attached hydrogen (secondary N) is 2. The third-order valence-corrected chi connectivity index (χ3v) is 4.11. The van der Waals surface area contributed by atoms with Gasteiger partial charge < -0.3 is 15.5 Å². The van der Waals surface area contributed by atoms with E-state index in [4.69, 9.17) is 0 Å². The van der Waals surface area contributed by atoms with Gasteiger partial charge in [0.1, 0.15) is 0 Å². The Bertz CT molecular complexity index is 502. The van der Waals surface area contributed by atoms with Crippen molar-refractivity contribution in [1.29, 1.82) is 0 Å². The molecule has 1 aromatic heterocycles. The zero-order valence-electron chi connectivity index (χ0n) is 16.3. The Morgan fingerprint density at radius 2 is 1.85 bits per heavy atom. The van der Waals surface area contributed by atoms with Crippen molar-refractivity contribution in [3.05, 3.63) is 18.5 Å². The lowest BCUT2D eigenvalue weighted by atomic mass is 10.2. The highest BCUT2D eigenvalue weighted by Gasteiger charge is 2.18. The highest BCUT2D eigenvalue weighted by Crippen LogP contribution is 2.09. The van der Waals surface area contributed by atoms with E-state index in [2.05, 4.69) is 56.2 Å². The van der Waals surface area contributed by atoms with Gasteiger partial charge in [-0.15, -0.1) is 24.0 Å². The van der Waals surface area contributed by atoms with Crippen LogP contribution >= 0.6 is 24.0 Å². The first-order chi connectivity index (χ1) is 12.2. The van der Waals surface area contributed by atoms with Crippen LogP contribution in [0.1, 0.15) is 27.2 Å². The largest absolute Gasteiger partial charge is 0.357 e. The maximum Gasteiger partial charge on any atom is 0.225 e. The van der Waals surface area contributed by atoms with Gasteiger partial charge in [0.25, 0.3) is 0 Å². The first-order valence-electron chi connectivity index (χ1n) is 9.45. The lowest BCUT2D eigenvalue weighted by Gasteiger charge is -2.34. The number of halogens is 1. The van der Waals surface area contributed by atoms with E-state index in [1.54, 1.807) is 0 Å². The summed E-state index contributed by atoms with van der Waals surface area (Å²) in [6.07, 6.45) is 4.74. The average Bonchev–Trinajstić information content (AvgIpc) is 2.64. The molecule has 26 heavy (non-hydrogen) atoms. The van der Waals surface area contributed by atoms with Crippen LogP contribution in [-0.2, 0) is 0 Å². The van der Waals surface area contributed by atoms with Gasteiger partial charge in [0.2, 0.25) is 5.95 Å². The molecule has 148 valence electrons. The standard InChI is InChI=1S/C18H33N7.HI/c1-4-19-17(23-15-16(2)3)20-9-6-10-24-11-13-25(14-12-24)18-21-7-5-8-22-18;/h5,7-8,16H,4,6,9-15H2,1-3H3,(H2,19,20,23);1H. The molecule has 0 bridgehead atoms. The third-order valence-electron chi connectivity index (χ3n) is 4.11. The fraction of sp³-hybridized carbons (Fsp3) is 0.722. The van der Waals surface area contributed by atoms with E-state index in [9.17, 15) is 0 Å². The summed E-state index contributed by atoms with van der Waals surface area (Å²) in [5.41, 5.74) is 0. The van der Waals surface area contributed by atoms with Crippen molar-refractivity contribution in [3.63, 3.8) is 0 Å². The zero-order valence-corrected chi connectivity index (χ0v) is 18.6. The lowest BCUT2D eigenvalue weighted by molar-refractivity contribution is 0.254. The van der Waals surface area contributed by atoms with Gasteiger partial charge in [-0.3, -0.25) is 9.89 Å². The predicted molar refractivity (Wildman–Crippen MR) is 120 cm³/mol. The van der Waals surface area contributed by atoms with Crippen LogP contribution in [0, 0.1) is 5.92 Å². The molecular weight excluding hydrogens is 441 g/mol. The Morgan fingerprint density at radius 1 is 1.15 bits per heavy atom. The monoisotopic (exact) mass is 475 g/mol. The summed E-state index contributed by atoms with van der Waals surface area (Å²) in [5, 5.41) is 6.74. The van der Waals surface area contributed by atoms with E-state index in [1.165, 1.54) is 0 Å². The third kappa shape index (κ3) is 8.48. The second-order valence-corrected chi connectivity index (χ2v) is 6.77. The number of piperazine rings is 1. The molecule has 1 fully saturated rings. The van der Waals surface area contributed by atoms with E-state index in [0.717, 1.165) is 70.7 Å². The number of aliphatic imine (C=N–C) groups is 1. The quantitative estimate of drug-likeness (QED) is 0.259. The van der Waals surface area contributed by atoms with Crippen molar-refractivity contribution < 1.29 is 0 Å². The molecule has 1 aromatic rings. The molecule has 1 saturated heterocycles. The van der Waals surface area contributed by atoms with Gasteiger partial charge in [0, 0.05) is 58.2 Å². The first kappa shape index (κ1) is 22.9. The second kappa shape index (κ2) is 13.1. The molecule has 7 nitrogen and oxygen atoms in total. The first-order valence-corrected chi connectivity index (χ1v) is 9.45. The summed E-state index contributed by atoms with van der Waals surface area (Å²) < 4.78 is 0. The fourth-order valence-electron chi connectivity index (χ4n) is 2.75. The molecule has 0 spiro atoms. The van der Waals surface area contributed by atoms with Crippen molar-refractivity contribution >= 4 is 35.9 Å². The smallest absolute Gasteiger partial charge is 0.225 e. The summed E-state index contributed by atoms with van der Waals surface area (Å²) in [5.74, 6) is 2.36. The van der Waals surface area contributed by atoms with Crippen molar-refractivity contribution in [2.45, 2.75) is 27.2 Å². The SMILES string of the molecule is CCNC(=NCC(C)C)NCCCN1CCN(c2ncccn2)CC1.I. The lowest BCUT2D eigenvalue weighted by Crippen LogP contribution is -2.47. The van der Waals surface area contributed by atoms with Gasteiger partial charge in [0.05, 0.1) is 0 Å². The van der Waals surface area contributed by atoms with Gasteiger partial charge in [-0.25, -0.2) is 9.97 Å². The molecule has 0 aromatic carbocycles. The van der Waals surface area contributed by atoms with Gasteiger partial charge in [-0.05, 0) is 31.9 Å². The van der Waals surface area contributed by atoms with Crippen LogP contribution in [0.25, 0.3) is 0 Å². The maximum atomic E-state index is 4.60. The molecule has 0 amide bonds. The number of hydrogen-bond acceptors (Lipinski definition) is 5. The maximum absolute atomic E-state index is 4.60. The van der Waals surface area contributed by atoms with Crippen LogP contribution in [0.15, 0.2) is 23.5 Å². The summed E-state index contributed by atoms with van der Waals surface area (Å²) in [6, 6.07) is 1.86. The van der Waals surface area contributed by atoms with Crippen molar-refractivity contribution in [2.24, 2.45) is 10.9 Å². The van der Waals surface area contributed by atoms with E-state index >= 15 is 0 Å². The van der Waals surface area contributed by atoms with Crippen LogP contribution < -0.4 is 15.5 Å². The zero-order chi connectivity index (χ0) is 17.9. The molecular formula is C18H34IN7. The van der Waals surface area contributed by atoms with E-state index < -0.39 is 0 Å². The Kier molecular flexibility index (Phi) is 11.5. The van der Waals surface area contributed by atoms with Gasteiger partial charge in [0.15, 0.2) is 5.96 Å². The summed E-state index contributed by atoms with van der Waals surface area (Å²) in [6.45, 7) is 14.4. The van der Waals surface area contributed by atoms with E-state index in [1.807, 2.05) is 18.5 Å². The molecule has 1 aliphatic rings. The predicted octanol–water partition coefficient (Wildman–Crippen LogP) is 1.82. The highest BCUT2D eigenvalue weighted by molar-refractivity contribution is 14.0. The Morgan fingerprint density at radius 3 is 2.46 bits per heavy atom. The number of aromatic nitrogens is 2. The van der Waals surface area contributed by atoms with E-state index in [0.29, 0.717) is 5.92 Å². The summed E-state index contributed by atoms with van der Waals surface area (Å²) >= 11 is 0. The highest BCUT2D eigenvalue weighted by atomic mass is 127. The molecule has 1 aliphatic heterocycles. The van der Waals surface area contributed by atoms with Crippen LogP contribution in [0.3, 0.4) is 0 Å². The molecule has 2 N–H and O–H groups in total. The van der Waals surface area contributed by atoms with Crippen LogP contribution in [-0.4, -0.2) is 73.2 Å². The van der Waals surface area contributed by atoms with Crippen LogP contribution in [0.4, 0.5) is 5.95 Å². The number of anilines is 1. The van der Waals surface area contributed by atoms with Crippen LogP contribution in [0.2, 0.25) is 0 Å². The molecule has 0 aliphatic carbocycles. The van der Waals surface area contributed by atoms with Crippen molar-refractivity contribution in [3.8, 4) is 0 Å². The minimum Gasteiger partial charge on any atom is -0.357 e. The van der Waals surface area contributed by atoms with Crippen molar-refractivity contribution in [2.75, 3.05) is 57.3 Å². The topological polar surface area (TPSA) is 68.7 Å². The van der Waals surface area contributed by atoms with Gasteiger partial charge >= 0.3 is 0 Å². The molecule has 0 unspecified atom stereocenters. The number of nitrogens with zero attached hydrogens (tertiary/aromatic N) is 5. The minimum absolute atomic E-state index is 0.